The van der Waals surface area contributed by atoms with Crippen molar-refractivity contribution < 1.29 is 31.5 Å². The highest BCUT2D eigenvalue weighted by Crippen LogP contribution is 2.30. The van der Waals surface area contributed by atoms with Crippen molar-refractivity contribution >= 4 is 27.5 Å². The average molecular weight is 570 g/mol. The Morgan fingerprint density at radius 2 is 1.77 bits per heavy atom. The molecule has 0 spiro atoms. The van der Waals surface area contributed by atoms with Crippen LogP contribution in [-0.2, 0) is 23.0 Å². The van der Waals surface area contributed by atoms with Crippen LogP contribution < -0.4 is 15.8 Å². The van der Waals surface area contributed by atoms with E-state index in [0.717, 1.165) is 0 Å². The lowest BCUT2D eigenvalue weighted by molar-refractivity contribution is 0.0992. The molecule has 13 heteroatoms. The van der Waals surface area contributed by atoms with Gasteiger partial charge in [0.15, 0.2) is 0 Å². The Labute approximate surface area is 228 Å². The van der Waals surface area contributed by atoms with Gasteiger partial charge in [-0.05, 0) is 56.9 Å². The number of carbonyl (C=O) groups is 2. The fourth-order valence-electron chi connectivity index (χ4n) is 4.65. The average Bonchev–Trinajstić information content (AvgIpc) is 3.28. The molecule has 1 aliphatic rings. The molecular formula is C26H37F2N5O5S. The van der Waals surface area contributed by atoms with Crippen molar-refractivity contribution in [3.8, 4) is 5.75 Å². The lowest BCUT2D eigenvalue weighted by Crippen LogP contribution is -2.48. The van der Waals surface area contributed by atoms with Gasteiger partial charge in [-0.3, -0.25) is 18.4 Å². The molecule has 1 aliphatic heterocycles. The van der Waals surface area contributed by atoms with Crippen LogP contribution in [0.4, 0.5) is 14.5 Å². The number of aryl methyl sites for hydroxylation is 2. The first kappa shape index (κ1) is 30.5. The number of rotatable bonds is 14. The van der Waals surface area contributed by atoms with E-state index in [2.05, 4.69) is 5.32 Å². The van der Waals surface area contributed by atoms with Gasteiger partial charge in [-0.1, -0.05) is 0 Å². The summed E-state index contributed by atoms with van der Waals surface area (Å²) >= 11 is 0. The predicted molar refractivity (Wildman–Crippen MR) is 144 cm³/mol. The number of sulfonamides is 1. The predicted octanol–water partition coefficient (Wildman–Crippen LogP) is 2.83. The number of primary amides is 1. The lowest BCUT2D eigenvalue weighted by Gasteiger charge is -2.33. The van der Waals surface area contributed by atoms with Crippen molar-refractivity contribution in [2.24, 2.45) is 5.73 Å². The number of halogens is 2. The molecule has 0 saturated carbocycles. The summed E-state index contributed by atoms with van der Waals surface area (Å²) in [6, 6.07) is 4.08. The third-order valence-electron chi connectivity index (χ3n) is 6.62. The highest BCUT2D eigenvalue weighted by molar-refractivity contribution is 7.89. The maximum absolute atomic E-state index is 13.5. The minimum Gasteiger partial charge on any atom is -0.493 e. The van der Waals surface area contributed by atoms with Gasteiger partial charge in [-0.15, -0.1) is 0 Å². The minimum atomic E-state index is -3.93. The van der Waals surface area contributed by atoms with Gasteiger partial charge in [-0.25, -0.2) is 8.42 Å². The SMILES string of the molecule is CCOc1ccc(S(=O)(=O)N2CCN(CCCF)CC2)cc1C(=O)Nc1c(CCCF)cn(CC)c1C(N)=O. The summed E-state index contributed by atoms with van der Waals surface area (Å²) in [5, 5.41) is 2.71. The molecule has 10 nitrogen and oxygen atoms in total. The second kappa shape index (κ2) is 13.9. The molecule has 1 aromatic carbocycles. The third-order valence-corrected chi connectivity index (χ3v) is 8.52. The van der Waals surface area contributed by atoms with E-state index in [1.807, 2.05) is 4.90 Å². The van der Waals surface area contributed by atoms with Crippen LogP contribution in [0.15, 0.2) is 29.3 Å². The number of carbonyl (C=O) groups excluding carboxylic acids is 2. The summed E-state index contributed by atoms with van der Waals surface area (Å²) in [6.07, 6.45) is 2.51. The van der Waals surface area contributed by atoms with Crippen LogP contribution in [0.2, 0.25) is 0 Å². The second-order valence-corrected chi connectivity index (χ2v) is 11.1. The largest absolute Gasteiger partial charge is 0.493 e. The molecule has 0 bridgehead atoms. The van der Waals surface area contributed by atoms with Crippen LogP contribution in [0, 0.1) is 0 Å². The number of hydrogen-bond donors (Lipinski definition) is 2. The number of alkyl halides is 2. The van der Waals surface area contributed by atoms with Crippen molar-refractivity contribution in [3.05, 3.63) is 41.2 Å². The first-order valence-electron chi connectivity index (χ1n) is 13.1. The summed E-state index contributed by atoms with van der Waals surface area (Å²) in [7, 11) is -3.93. The van der Waals surface area contributed by atoms with Crippen molar-refractivity contribution in [1.82, 2.24) is 13.8 Å². The normalized spacial score (nSPS) is 14.9. The number of anilines is 1. The number of nitrogens with one attached hydrogen (secondary N) is 1. The summed E-state index contributed by atoms with van der Waals surface area (Å²) in [5.74, 6) is -1.28. The molecule has 3 N–H and O–H groups in total. The van der Waals surface area contributed by atoms with Crippen molar-refractivity contribution in [2.75, 3.05) is 58.0 Å². The van der Waals surface area contributed by atoms with Gasteiger partial charge in [0, 0.05) is 45.5 Å². The molecule has 0 unspecified atom stereocenters. The van der Waals surface area contributed by atoms with Crippen molar-refractivity contribution in [1.29, 1.82) is 0 Å². The van der Waals surface area contributed by atoms with Gasteiger partial charge in [0.25, 0.3) is 11.8 Å². The summed E-state index contributed by atoms with van der Waals surface area (Å²) in [6.45, 7) is 5.19. The van der Waals surface area contributed by atoms with Crippen LogP contribution in [0.25, 0.3) is 0 Å². The fraction of sp³-hybridized carbons (Fsp3) is 0.538. The lowest BCUT2D eigenvalue weighted by atomic mass is 10.1. The maximum atomic E-state index is 13.5. The van der Waals surface area contributed by atoms with E-state index < -0.39 is 35.2 Å². The van der Waals surface area contributed by atoms with Gasteiger partial charge in [0.2, 0.25) is 10.0 Å². The molecule has 0 radical (unpaired) electrons. The highest BCUT2D eigenvalue weighted by atomic mass is 32.2. The zero-order valence-electron chi connectivity index (χ0n) is 22.4. The Bertz CT molecular complexity index is 1260. The quantitative estimate of drug-likeness (QED) is 0.360. The maximum Gasteiger partial charge on any atom is 0.267 e. The Hall–Kier alpha value is -3.03. The van der Waals surface area contributed by atoms with E-state index >= 15 is 0 Å². The van der Waals surface area contributed by atoms with E-state index in [-0.39, 0.29) is 60.1 Å². The van der Waals surface area contributed by atoms with Crippen molar-refractivity contribution in [3.63, 3.8) is 0 Å². The summed E-state index contributed by atoms with van der Waals surface area (Å²) < 4.78 is 60.9. The molecule has 2 aromatic rings. The number of aromatic nitrogens is 1. The van der Waals surface area contributed by atoms with E-state index in [1.165, 1.54) is 22.5 Å². The number of nitrogens with zero attached hydrogens (tertiary/aromatic N) is 3. The third kappa shape index (κ3) is 7.14. The van der Waals surface area contributed by atoms with E-state index in [0.29, 0.717) is 38.2 Å². The molecule has 2 amide bonds. The summed E-state index contributed by atoms with van der Waals surface area (Å²) in [4.78, 5) is 27.7. The first-order valence-corrected chi connectivity index (χ1v) is 14.6. The van der Waals surface area contributed by atoms with Crippen LogP contribution in [0.5, 0.6) is 5.75 Å². The first-order chi connectivity index (χ1) is 18.7. The smallest absolute Gasteiger partial charge is 0.267 e. The monoisotopic (exact) mass is 569 g/mol. The van der Waals surface area contributed by atoms with Gasteiger partial charge >= 0.3 is 0 Å². The minimum absolute atomic E-state index is 0.0318. The Balaban J connectivity index is 1.94. The number of nitrogens with two attached hydrogens (primary N) is 1. The van der Waals surface area contributed by atoms with E-state index in [9.17, 15) is 26.8 Å². The standard InChI is InChI=1S/C26H37F2N5O5S/c1-3-32-18-19(7-5-10-27)23(24(32)25(29)34)30-26(35)21-17-20(8-9-22(21)38-4-2)39(36,37)33-15-13-31(14-16-33)12-6-11-28/h8-9,17-18H,3-7,10-16H2,1-2H3,(H2,29,34)(H,30,35). The number of amides is 2. The van der Waals surface area contributed by atoms with Gasteiger partial charge < -0.3 is 25.3 Å². The van der Waals surface area contributed by atoms with Gasteiger partial charge in [0.1, 0.15) is 11.4 Å². The van der Waals surface area contributed by atoms with E-state index in [4.69, 9.17) is 10.5 Å². The number of ether oxygens (including phenoxy) is 1. The molecule has 2 heterocycles. The molecule has 1 saturated heterocycles. The van der Waals surface area contributed by atoms with Crippen molar-refractivity contribution in [2.45, 2.75) is 44.6 Å². The Morgan fingerprint density at radius 3 is 2.36 bits per heavy atom. The van der Waals surface area contributed by atoms with Gasteiger partial charge in [-0.2, -0.15) is 4.31 Å². The zero-order valence-corrected chi connectivity index (χ0v) is 23.2. The number of benzene rings is 1. The summed E-state index contributed by atoms with van der Waals surface area (Å²) in [5.41, 5.74) is 6.37. The molecule has 1 aromatic heterocycles. The van der Waals surface area contributed by atoms with Crippen LogP contribution in [-0.4, -0.2) is 86.7 Å². The molecule has 1 fully saturated rings. The zero-order chi connectivity index (χ0) is 28.6. The molecule has 3 rings (SSSR count). The molecular weight excluding hydrogens is 532 g/mol. The Kier molecular flexibility index (Phi) is 10.8. The van der Waals surface area contributed by atoms with Crippen LogP contribution >= 0.6 is 0 Å². The van der Waals surface area contributed by atoms with Gasteiger partial charge in [0.05, 0.1) is 36.1 Å². The van der Waals surface area contributed by atoms with Crippen LogP contribution in [0.3, 0.4) is 0 Å². The molecule has 216 valence electrons. The highest BCUT2D eigenvalue weighted by Gasteiger charge is 2.30. The molecule has 39 heavy (non-hydrogen) atoms. The fourth-order valence-corrected chi connectivity index (χ4v) is 6.10. The number of hydrogen-bond acceptors (Lipinski definition) is 6. The second-order valence-electron chi connectivity index (χ2n) is 9.15. The molecule has 0 aliphatic carbocycles. The van der Waals surface area contributed by atoms with E-state index in [1.54, 1.807) is 24.6 Å². The Morgan fingerprint density at radius 1 is 1.08 bits per heavy atom. The topological polar surface area (TPSA) is 127 Å². The number of piperazine rings is 1. The van der Waals surface area contributed by atoms with Crippen LogP contribution in [0.1, 0.15) is 53.1 Å². The molecule has 0 atom stereocenters.